The number of nitrogens with one attached hydrogen (secondary N) is 1. The quantitative estimate of drug-likeness (QED) is 0.913. The number of carbonyl (C=O) groups excluding carboxylic acids is 1. The molecule has 1 aromatic heterocycles. The molecule has 1 saturated heterocycles. The summed E-state index contributed by atoms with van der Waals surface area (Å²) >= 11 is 3.29. The highest BCUT2D eigenvalue weighted by Crippen LogP contribution is 2.22. The predicted octanol–water partition coefficient (Wildman–Crippen LogP) is 3.31. The minimum atomic E-state index is -0.441. The van der Waals surface area contributed by atoms with Crippen molar-refractivity contribution in [3.8, 4) is 0 Å². The molecule has 2 heterocycles. The smallest absolute Gasteiger partial charge is 0.410 e. The Morgan fingerprint density at radius 2 is 2.15 bits per heavy atom. The molecule has 0 radical (unpaired) electrons. The van der Waals surface area contributed by atoms with Crippen LogP contribution in [0.15, 0.2) is 21.2 Å². The maximum Gasteiger partial charge on any atom is 0.410 e. The van der Waals surface area contributed by atoms with Gasteiger partial charge in [0.05, 0.1) is 6.04 Å². The average Bonchev–Trinajstić information content (AvgIpc) is 2.66. The van der Waals surface area contributed by atoms with E-state index >= 15 is 0 Å². The summed E-state index contributed by atoms with van der Waals surface area (Å²) in [4.78, 5) is 13.5. The van der Waals surface area contributed by atoms with Crippen LogP contribution in [0.25, 0.3) is 0 Å². The summed E-state index contributed by atoms with van der Waals surface area (Å²) in [5, 5.41) is 3.43. The van der Waals surface area contributed by atoms with Crippen LogP contribution in [0, 0.1) is 0 Å². The fourth-order valence-electron chi connectivity index (χ4n) is 2.06. The van der Waals surface area contributed by atoms with E-state index in [1.165, 1.54) is 0 Å². The highest BCUT2D eigenvalue weighted by Gasteiger charge is 2.34. The topological polar surface area (TPSA) is 54.7 Å². The Morgan fingerprint density at radius 1 is 1.50 bits per heavy atom. The summed E-state index contributed by atoms with van der Waals surface area (Å²) < 4.78 is 11.5. The van der Waals surface area contributed by atoms with Gasteiger partial charge in [-0.1, -0.05) is 0 Å². The number of furan rings is 1. The first-order valence-electron chi connectivity index (χ1n) is 6.74. The Balaban J connectivity index is 1.75. The van der Waals surface area contributed by atoms with Crippen molar-refractivity contribution in [2.75, 3.05) is 13.1 Å². The summed E-state index contributed by atoms with van der Waals surface area (Å²) in [6.45, 7) is 9.00. The number of nitrogens with zero attached hydrogens (tertiary/aromatic N) is 1. The summed E-state index contributed by atoms with van der Waals surface area (Å²) in [5.74, 6) is 0.882. The molecule has 20 heavy (non-hydrogen) atoms. The second-order valence-corrected chi connectivity index (χ2v) is 6.89. The van der Waals surface area contributed by atoms with Gasteiger partial charge in [0, 0.05) is 19.1 Å². The van der Waals surface area contributed by atoms with Crippen molar-refractivity contribution in [3.63, 3.8) is 0 Å². The van der Waals surface area contributed by atoms with Gasteiger partial charge in [-0.3, -0.25) is 0 Å². The van der Waals surface area contributed by atoms with Crippen LogP contribution in [-0.2, 0) is 4.74 Å². The Morgan fingerprint density at radius 3 is 2.65 bits per heavy atom. The van der Waals surface area contributed by atoms with Crippen molar-refractivity contribution in [3.05, 3.63) is 22.6 Å². The highest BCUT2D eigenvalue weighted by atomic mass is 79.9. The van der Waals surface area contributed by atoms with Crippen molar-refractivity contribution in [2.24, 2.45) is 0 Å². The summed E-state index contributed by atoms with van der Waals surface area (Å²) in [7, 11) is 0. The van der Waals surface area contributed by atoms with Crippen molar-refractivity contribution in [2.45, 2.75) is 45.4 Å². The number of hydrogen-bond donors (Lipinski definition) is 1. The lowest BCUT2D eigenvalue weighted by atomic mass is 10.1. The maximum absolute atomic E-state index is 11.8. The average molecular weight is 345 g/mol. The zero-order valence-electron chi connectivity index (χ0n) is 12.3. The number of rotatable bonds is 3. The number of likely N-dealkylation sites (tertiary alicyclic amines) is 1. The summed E-state index contributed by atoms with van der Waals surface area (Å²) in [6.07, 6.45) is -0.246. The lowest BCUT2D eigenvalue weighted by Crippen LogP contribution is -2.60. The molecule has 1 fully saturated rings. The van der Waals surface area contributed by atoms with E-state index in [1.54, 1.807) is 4.90 Å². The Bertz CT molecular complexity index is 475. The van der Waals surface area contributed by atoms with Gasteiger partial charge in [0.1, 0.15) is 11.4 Å². The van der Waals surface area contributed by atoms with E-state index in [0.29, 0.717) is 13.1 Å². The molecular weight excluding hydrogens is 324 g/mol. The third-order valence-corrected chi connectivity index (χ3v) is 3.47. The van der Waals surface area contributed by atoms with Gasteiger partial charge in [-0.25, -0.2) is 4.79 Å². The number of ether oxygens (including phenoxy) is 1. The zero-order valence-corrected chi connectivity index (χ0v) is 13.9. The minimum absolute atomic E-state index is 0.118. The van der Waals surface area contributed by atoms with E-state index < -0.39 is 5.60 Å². The van der Waals surface area contributed by atoms with Gasteiger partial charge in [0.15, 0.2) is 4.67 Å². The normalized spacial score (nSPS) is 17.8. The molecule has 2 rings (SSSR count). The molecule has 0 bridgehead atoms. The molecule has 1 amide bonds. The fraction of sp³-hybridized carbons (Fsp3) is 0.643. The number of amides is 1. The van der Waals surface area contributed by atoms with Gasteiger partial charge in [-0.15, -0.1) is 0 Å². The minimum Gasteiger partial charge on any atom is -0.453 e. The molecule has 112 valence electrons. The van der Waals surface area contributed by atoms with E-state index in [-0.39, 0.29) is 18.2 Å². The summed E-state index contributed by atoms with van der Waals surface area (Å²) in [5.41, 5.74) is -0.441. The zero-order chi connectivity index (χ0) is 14.9. The number of halogens is 1. The molecule has 1 unspecified atom stereocenters. The second-order valence-electron chi connectivity index (χ2n) is 6.11. The third-order valence-electron chi connectivity index (χ3n) is 3.04. The van der Waals surface area contributed by atoms with E-state index in [2.05, 4.69) is 21.2 Å². The van der Waals surface area contributed by atoms with Crippen molar-refractivity contribution in [1.82, 2.24) is 10.2 Å². The SMILES string of the molecule is CC(NC1CN(C(=O)OC(C)(C)C)C1)c1ccc(Br)o1. The number of carbonyl (C=O) groups is 1. The van der Waals surface area contributed by atoms with Gasteiger partial charge in [0.2, 0.25) is 0 Å². The molecule has 1 aliphatic rings. The van der Waals surface area contributed by atoms with Gasteiger partial charge in [0.25, 0.3) is 0 Å². The highest BCUT2D eigenvalue weighted by molar-refractivity contribution is 9.10. The molecule has 0 aromatic carbocycles. The van der Waals surface area contributed by atoms with Crippen LogP contribution in [0.2, 0.25) is 0 Å². The second kappa shape index (κ2) is 5.77. The standard InChI is InChI=1S/C14H21BrN2O3/c1-9(11-5-6-12(15)19-11)16-10-7-17(8-10)13(18)20-14(2,3)4/h5-6,9-10,16H,7-8H2,1-4H3. The molecule has 1 atom stereocenters. The van der Waals surface area contributed by atoms with E-state index in [4.69, 9.17) is 9.15 Å². The Labute approximate surface area is 127 Å². The van der Waals surface area contributed by atoms with Gasteiger partial charge < -0.3 is 19.4 Å². The molecular formula is C14H21BrN2O3. The van der Waals surface area contributed by atoms with Gasteiger partial charge >= 0.3 is 6.09 Å². The van der Waals surface area contributed by atoms with Crippen LogP contribution in [0.3, 0.4) is 0 Å². The van der Waals surface area contributed by atoms with Crippen LogP contribution >= 0.6 is 15.9 Å². The molecule has 0 aliphatic carbocycles. The van der Waals surface area contributed by atoms with E-state index in [0.717, 1.165) is 10.4 Å². The molecule has 6 heteroatoms. The molecule has 1 aliphatic heterocycles. The van der Waals surface area contributed by atoms with Crippen molar-refractivity contribution in [1.29, 1.82) is 0 Å². The van der Waals surface area contributed by atoms with Crippen LogP contribution < -0.4 is 5.32 Å². The monoisotopic (exact) mass is 344 g/mol. The molecule has 1 aromatic rings. The fourth-order valence-corrected chi connectivity index (χ4v) is 2.38. The largest absolute Gasteiger partial charge is 0.453 e. The predicted molar refractivity (Wildman–Crippen MR) is 79.6 cm³/mol. The van der Waals surface area contributed by atoms with Crippen LogP contribution in [0.1, 0.15) is 39.5 Å². The van der Waals surface area contributed by atoms with Crippen LogP contribution in [0.5, 0.6) is 0 Å². The first-order valence-corrected chi connectivity index (χ1v) is 7.53. The third kappa shape index (κ3) is 3.99. The van der Waals surface area contributed by atoms with E-state index in [1.807, 2.05) is 39.8 Å². The lowest BCUT2D eigenvalue weighted by molar-refractivity contribution is 0.00411. The molecule has 0 saturated carbocycles. The maximum atomic E-state index is 11.8. The van der Waals surface area contributed by atoms with Crippen LogP contribution in [-0.4, -0.2) is 35.7 Å². The molecule has 5 nitrogen and oxygen atoms in total. The van der Waals surface area contributed by atoms with E-state index in [9.17, 15) is 4.79 Å². The van der Waals surface area contributed by atoms with Crippen LogP contribution in [0.4, 0.5) is 4.79 Å². The molecule has 1 N–H and O–H groups in total. The number of hydrogen-bond acceptors (Lipinski definition) is 4. The summed E-state index contributed by atoms with van der Waals surface area (Å²) in [6, 6.07) is 4.21. The lowest BCUT2D eigenvalue weighted by Gasteiger charge is -2.41. The molecule has 0 spiro atoms. The first-order chi connectivity index (χ1) is 9.24. The van der Waals surface area contributed by atoms with Crippen molar-refractivity contribution >= 4 is 22.0 Å². The van der Waals surface area contributed by atoms with Gasteiger partial charge in [-0.05, 0) is 55.8 Å². The Kier molecular flexibility index (Phi) is 4.44. The van der Waals surface area contributed by atoms with Crippen molar-refractivity contribution < 1.29 is 13.9 Å². The first kappa shape index (κ1) is 15.4. The van der Waals surface area contributed by atoms with Gasteiger partial charge in [-0.2, -0.15) is 0 Å². The Hall–Kier alpha value is -1.01.